The molecule has 20 heavy (non-hydrogen) atoms. The highest BCUT2D eigenvalue weighted by atomic mass is 16.2. The molecule has 0 spiro atoms. The standard InChI is InChI=1S/C16H19N3O/c1-11(2)13-7-9-14(10-8-13)18-16(20)19-15-6-4-5-12(3)17-15/h4-11H,1-3H3,(H2,17,18,19,20). The molecule has 0 fully saturated rings. The number of hydrogen-bond donors (Lipinski definition) is 2. The van der Waals surface area contributed by atoms with Crippen molar-refractivity contribution in [3.8, 4) is 0 Å². The Hall–Kier alpha value is -2.36. The van der Waals surface area contributed by atoms with Crippen molar-refractivity contribution in [3.63, 3.8) is 0 Å². The van der Waals surface area contributed by atoms with Crippen molar-refractivity contribution >= 4 is 17.5 Å². The molecule has 0 bridgehead atoms. The van der Waals surface area contributed by atoms with E-state index >= 15 is 0 Å². The molecule has 0 aliphatic carbocycles. The van der Waals surface area contributed by atoms with Crippen molar-refractivity contribution in [3.05, 3.63) is 53.7 Å². The zero-order valence-electron chi connectivity index (χ0n) is 12.0. The van der Waals surface area contributed by atoms with Crippen LogP contribution in [0.1, 0.15) is 31.0 Å². The summed E-state index contributed by atoms with van der Waals surface area (Å²) in [5, 5.41) is 5.49. The fourth-order valence-electron chi connectivity index (χ4n) is 1.84. The molecule has 2 N–H and O–H groups in total. The summed E-state index contributed by atoms with van der Waals surface area (Å²) in [5.74, 6) is 1.02. The minimum absolute atomic E-state index is 0.291. The van der Waals surface area contributed by atoms with Gasteiger partial charge in [-0.3, -0.25) is 5.32 Å². The Labute approximate surface area is 119 Å². The molecule has 0 saturated carbocycles. The molecule has 0 atom stereocenters. The lowest BCUT2D eigenvalue weighted by Gasteiger charge is -2.09. The van der Waals surface area contributed by atoms with Crippen LogP contribution in [-0.4, -0.2) is 11.0 Å². The van der Waals surface area contributed by atoms with Crippen LogP contribution in [0.2, 0.25) is 0 Å². The Morgan fingerprint density at radius 1 is 1.05 bits per heavy atom. The van der Waals surface area contributed by atoms with Crippen molar-refractivity contribution in [1.29, 1.82) is 0 Å². The second-order valence-corrected chi connectivity index (χ2v) is 5.02. The molecule has 2 amide bonds. The van der Waals surface area contributed by atoms with Crippen LogP contribution in [0.5, 0.6) is 0 Å². The maximum Gasteiger partial charge on any atom is 0.324 e. The average molecular weight is 269 g/mol. The Kier molecular flexibility index (Phi) is 4.35. The first-order valence-electron chi connectivity index (χ1n) is 6.66. The maximum absolute atomic E-state index is 11.8. The second kappa shape index (κ2) is 6.19. The molecule has 4 nitrogen and oxygen atoms in total. The summed E-state index contributed by atoms with van der Waals surface area (Å²) in [6.45, 7) is 6.16. The number of amides is 2. The van der Waals surface area contributed by atoms with Crippen molar-refractivity contribution < 1.29 is 4.79 Å². The van der Waals surface area contributed by atoms with E-state index in [1.807, 2.05) is 43.3 Å². The molecule has 0 aliphatic rings. The van der Waals surface area contributed by atoms with Crippen molar-refractivity contribution in [2.24, 2.45) is 0 Å². The minimum atomic E-state index is -0.291. The molecule has 0 radical (unpaired) electrons. The van der Waals surface area contributed by atoms with Crippen LogP contribution >= 0.6 is 0 Å². The zero-order valence-corrected chi connectivity index (χ0v) is 12.0. The predicted octanol–water partition coefficient (Wildman–Crippen LogP) is 4.16. The summed E-state index contributed by atoms with van der Waals surface area (Å²) in [6.07, 6.45) is 0. The zero-order chi connectivity index (χ0) is 14.5. The SMILES string of the molecule is Cc1cccc(NC(=O)Nc2ccc(C(C)C)cc2)n1. The number of anilines is 2. The topological polar surface area (TPSA) is 54.0 Å². The first-order chi connectivity index (χ1) is 9.54. The number of benzene rings is 1. The van der Waals surface area contributed by atoms with Gasteiger partial charge in [-0.15, -0.1) is 0 Å². The first kappa shape index (κ1) is 14.1. The molecule has 0 saturated heterocycles. The van der Waals surface area contributed by atoms with E-state index in [0.29, 0.717) is 11.7 Å². The van der Waals surface area contributed by atoms with Gasteiger partial charge in [0, 0.05) is 11.4 Å². The van der Waals surface area contributed by atoms with Crippen LogP contribution in [-0.2, 0) is 0 Å². The van der Waals surface area contributed by atoms with Gasteiger partial charge in [0.15, 0.2) is 0 Å². The number of nitrogens with one attached hydrogen (secondary N) is 2. The number of nitrogens with zero attached hydrogens (tertiary/aromatic N) is 1. The van der Waals surface area contributed by atoms with Crippen molar-refractivity contribution in [1.82, 2.24) is 4.98 Å². The maximum atomic E-state index is 11.8. The van der Waals surface area contributed by atoms with E-state index in [-0.39, 0.29) is 6.03 Å². The molecule has 1 aromatic carbocycles. The van der Waals surface area contributed by atoms with Crippen molar-refractivity contribution in [2.75, 3.05) is 10.6 Å². The number of carbonyl (C=O) groups is 1. The van der Waals surface area contributed by atoms with Gasteiger partial charge >= 0.3 is 6.03 Å². The molecule has 4 heteroatoms. The van der Waals surface area contributed by atoms with E-state index < -0.39 is 0 Å². The Balaban J connectivity index is 1.97. The van der Waals surface area contributed by atoms with Gasteiger partial charge < -0.3 is 5.32 Å². The van der Waals surface area contributed by atoms with Gasteiger partial charge in [0.05, 0.1) is 0 Å². The molecule has 0 aliphatic heterocycles. The van der Waals surface area contributed by atoms with Gasteiger partial charge in [-0.05, 0) is 42.7 Å². The highest BCUT2D eigenvalue weighted by molar-refractivity contribution is 5.99. The van der Waals surface area contributed by atoms with E-state index in [1.165, 1.54) is 5.56 Å². The Morgan fingerprint density at radius 2 is 1.75 bits per heavy atom. The van der Waals surface area contributed by atoms with Crippen LogP contribution in [0, 0.1) is 6.92 Å². The number of rotatable bonds is 3. The second-order valence-electron chi connectivity index (χ2n) is 5.02. The molecule has 2 rings (SSSR count). The van der Waals surface area contributed by atoms with Crippen LogP contribution in [0.4, 0.5) is 16.3 Å². The van der Waals surface area contributed by atoms with Crippen molar-refractivity contribution in [2.45, 2.75) is 26.7 Å². The Morgan fingerprint density at radius 3 is 2.35 bits per heavy atom. The minimum Gasteiger partial charge on any atom is -0.308 e. The van der Waals surface area contributed by atoms with Crippen LogP contribution in [0.3, 0.4) is 0 Å². The molecule has 1 aromatic heterocycles. The van der Waals surface area contributed by atoms with E-state index in [4.69, 9.17) is 0 Å². The van der Waals surface area contributed by atoms with Gasteiger partial charge in [0.1, 0.15) is 5.82 Å². The lowest BCUT2D eigenvalue weighted by atomic mass is 10.0. The molecule has 104 valence electrons. The third-order valence-electron chi connectivity index (χ3n) is 2.97. The molecule has 1 heterocycles. The van der Waals surface area contributed by atoms with Gasteiger partial charge in [-0.25, -0.2) is 9.78 Å². The summed E-state index contributed by atoms with van der Waals surface area (Å²) in [5.41, 5.74) is 2.87. The number of urea groups is 1. The highest BCUT2D eigenvalue weighted by Gasteiger charge is 2.04. The predicted molar refractivity (Wildman–Crippen MR) is 82.1 cm³/mol. The summed E-state index contributed by atoms with van der Waals surface area (Å²) in [6, 6.07) is 13.0. The monoisotopic (exact) mass is 269 g/mol. The highest BCUT2D eigenvalue weighted by Crippen LogP contribution is 2.17. The number of pyridine rings is 1. The normalized spacial score (nSPS) is 10.4. The lowest BCUT2D eigenvalue weighted by molar-refractivity contribution is 0.262. The van der Waals surface area contributed by atoms with E-state index in [2.05, 4.69) is 29.5 Å². The average Bonchev–Trinajstić information content (AvgIpc) is 2.39. The number of aromatic nitrogens is 1. The number of aryl methyl sites for hydroxylation is 1. The van der Waals surface area contributed by atoms with E-state index in [1.54, 1.807) is 6.07 Å². The number of carbonyl (C=O) groups excluding carboxylic acids is 1. The summed E-state index contributed by atoms with van der Waals surface area (Å²) in [7, 11) is 0. The van der Waals surface area contributed by atoms with Gasteiger partial charge in [0.25, 0.3) is 0 Å². The summed E-state index contributed by atoms with van der Waals surface area (Å²) >= 11 is 0. The summed E-state index contributed by atoms with van der Waals surface area (Å²) < 4.78 is 0. The van der Waals surface area contributed by atoms with Crippen LogP contribution in [0.25, 0.3) is 0 Å². The molecular formula is C16H19N3O. The van der Waals surface area contributed by atoms with Crippen LogP contribution < -0.4 is 10.6 Å². The van der Waals surface area contributed by atoms with Gasteiger partial charge in [0.2, 0.25) is 0 Å². The summed E-state index contributed by atoms with van der Waals surface area (Å²) in [4.78, 5) is 16.1. The largest absolute Gasteiger partial charge is 0.324 e. The molecular weight excluding hydrogens is 250 g/mol. The van der Waals surface area contributed by atoms with E-state index in [9.17, 15) is 4.79 Å². The third kappa shape index (κ3) is 3.82. The fourth-order valence-corrected chi connectivity index (χ4v) is 1.84. The van der Waals surface area contributed by atoms with Crippen LogP contribution in [0.15, 0.2) is 42.5 Å². The number of hydrogen-bond acceptors (Lipinski definition) is 2. The fraction of sp³-hybridized carbons (Fsp3) is 0.250. The lowest BCUT2D eigenvalue weighted by Crippen LogP contribution is -2.20. The molecule has 0 unspecified atom stereocenters. The Bertz CT molecular complexity index is 591. The van der Waals surface area contributed by atoms with Gasteiger partial charge in [-0.2, -0.15) is 0 Å². The van der Waals surface area contributed by atoms with E-state index in [0.717, 1.165) is 11.4 Å². The first-order valence-corrected chi connectivity index (χ1v) is 6.66. The smallest absolute Gasteiger partial charge is 0.308 e. The quantitative estimate of drug-likeness (QED) is 0.879. The molecule has 2 aromatic rings. The third-order valence-corrected chi connectivity index (χ3v) is 2.97. The van der Waals surface area contributed by atoms with Gasteiger partial charge in [-0.1, -0.05) is 32.0 Å².